The molecule has 1 heterocycles. The quantitative estimate of drug-likeness (QED) is 0.559. The molecule has 0 saturated heterocycles. The van der Waals surface area contributed by atoms with E-state index >= 15 is 0 Å². The molecule has 0 radical (unpaired) electrons. The summed E-state index contributed by atoms with van der Waals surface area (Å²) in [4.78, 5) is 35.2. The number of nitrogens with one attached hydrogen (secondary N) is 2. The minimum absolute atomic E-state index is 0.0705. The van der Waals surface area contributed by atoms with Crippen molar-refractivity contribution in [1.29, 1.82) is 0 Å². The van der Waals surface area contributed by atoms with Crippen molar-refractivity contribution in [2.75, 3.05) is 13.2 Å². The summed E-state index contributed by atoms with van der Waals surface area (Å²) >= 11 is 0. The fraction of sp³-hybridized carbons (Fsp3) is 0.500. The number of hydrogen-bond acceptors (Lipinski definition) is 6. The van der Waals surface area contributed by atoms with Gasteiger partial charge < -0.3 is 14.8 Å². The highest BCUT2D eigenvalue weighted by atomic mass is 16.6. The zero-order chi connectivity index (χ0) is 15.1. The van der Waals surface area contributed by atoms with Crippen LogP contribution in [0.25, 0.3) is 0 Å². The number of hydrogen-bond donors (Lipinski definition) is 2. The number of carbonyl (C=O) groups is 3. The lowest BCUT2D eigenvalue weighted by molar-refractivity contribution is -0.157. The Labute approximate surface area is 115 Å². The Morgan fingerprint density at radius 3 is 2.20 bits per heavy atom. The van der Waals surface area contributed by atoms with Gasteiger partial charge in [-0.3, -0.25) is 9.89 Å². The number of amides is 1. The minimum Gasteiger partial charge on any atom is -0.464 e. The van der Waals surface area contributed by atoms with Gasteiger partial charge in [0.1, 0.15) is 5.69 Å². The van der Waals surface area contributed by atoms with Gasteiger partial charge >= 0.3 is 11.9 Å². The zero-order valence-corrected chi connectivity index (χ0v) is 11.6. The summed E-state index contributed by atoms with van der Waals surface area (Å²) in [5.74, 6) is -2.40. The predicted molar refractivity (Wildman–Crippen MR) is 67.8 cm³/mol. The third-order valence-corrected chi connectivity index (χ3v) is 2.26. The Morgan fingerprint density at radius 1 is 1.25 bits per heavy atom. The molecule has 0 aliphatic rings. The van der Waals surface area contributed by atoms with Gasteiger partial charge in [0, 0.05) is 5.69 Å². The summed E-state index contributed by atoms with van der Waals surface area (Å²) < 4.78 is 9.46. The van der Waals surface area contributed by atoms with Gasteiger partial charge in [0.15, 0.2) is 0 Å². The van der Waals surface area contributed by atoms with Crippen molar-refractivity contribution in [3.8, 4) is 0 Å². The van der Waals surface area contributed by atoms with Gasteiger partial charge in [-0.15, -0.1) is 0 Å². The van der Waals surface area contributed by atoms with Crippen molar-refractivity contribution < 1.29 is 23.9 Å². The Kier molecular flexibility index (Phi) is 5.70. The van der Waals surface area contributed by atoms with E-state index in [1.807, 2.05) is 0 Å². The molecule has 0 unspecified atom stereocenters. The van der Waals surface area contributed by atoms with Gasteiger partial charge in [-0.25, -0.2) is 9.59 Å². The van der Waals surface area contributed by atoms with E-state index in [0.29, 0.717) is 5.69 Å². The van der Waals surface area contributed by atoms with E-state index in [2.05, 4.69) is 15.5 Å². The fourth-order valence-corrected chi connectivity index (χ4v) is 1.40. The predicted octanol–water partition coefficient (Wildman–Crippen LogP) is -0.0573. The monoisotopic (exact) mass is 283 g/mol. The topological polar surface area (TPSA) is 110 Å². The van der Waals surface area contributed by atoms with Crippen LogP contribution in [0, 0.1) is 6.92 Å². The van der Waals surface area contributed by atoms with Gasteiger partial charge in [0.25, 0.3) is 5.91 Å². The second-order valence-electron chi connectivity index (χ2n) is 3.85. The lowest BCUT2D eigenvalue weighted by atomic mass is 10.2. The number of H-pyrrole nitrogens is 1. The van der Waals surface area contributed by atoms with Crippen LogP contribution in [-0.2, 0) is 19.1 Å². The Morgan fingerprint density at radius 2 is 1.80 bits per heavy atom. The van der Waals surface area contributed by atoms with Crippen molar-refractivity contribution in [1.82, 2.24) is 15.5 Å². The van der Waals surface area contributed by atoms with Gasteiger partial charge in [0.05, 0.1) is 13.2 Å². The Balaban J connectivity index is 2.80. The van der Waals surface area contributed by atoms with Crippen LogP contribution >= 0.6 is 0 Å². The van der Waals surface area contributed by atoms with Crippen LogP contribution in [0.2, 0.25) is 0 Å². The molecule has 1 aromatic rings. The first-order valence-corrected chi connectivity index (χ1v) is 6.15. The van der Waals surface area contributed by atoms with Crippen LogP contribution in [0.4, 0.5) is 0 Å². The van der Waals surface area contributed by atoms with E-state index in [1.165, 1.54) is 6.07 Å². The van der Waals surface area contributed by atoms with E-state index in [0.717, 1.165) is 0 Å². The summed E-state index contributed by atoms with van der Waals surface area (Å²) in [6, 6.07) is -0.0118. The Bertz CT molecular complexity index is 479. The van der Waals surface area contributed by atoms with Gasteiger partial charge in [0.2, 0.25) is 6.04 Å². The largest absolute Gasteiger partial charge is 0.464 e. The number of esters is 2. The molecule has 2 N–H and O–H groups in total. The normalized spacial score (nSPS) is 10.2. The summed E-state index contributed by atoms with van der Waals surface area (Å²) in [5, 5.41) is 8.57. The second-order valence-corrected chi connectivity index (χ2v) is 3.85. The highest BCUT2D eigenvalue weighted by molar-refractivity contribution is 6.05. The number of rotatable bonds is 6. The molecule has 20 heavy (non-hydrogen) atoms. The molecule has 8 heteroatoms. The summed E-state index contributed by atoms with van der Waals surface area (Å²) in [6.07, 6.45) is 0. The molecule has 1 amide bonds. The first kappa shape index (κ1) is 15.7. The number of ether oxygens (including phenoxy) is 2. The van der Waals surface area contributed by atoms with Gasteiger partial charge in [-0.1, -0.05) is 0 Å². The zero-order valence-electron chi connectivity index (χ0n) is 11.6. The van der Waals surface area contributed by atoms with Crippen molar-refractivity contribution >= 4 is 17.8 Å². The molecule has 0 atom stereocenters. The smallest absolute Gasteiger partial charge is 0.340 e. The van der Waals surface area contributed by atoms with E-state index in [9.17, 15) is 14.4 Å². The molecule has 110 valence electrons. The summed E-state index contributed by atoms with van der Waals surface area (Å²) in [6.45, 7) is 5.09. The number of aromatic amines is 1. The average molecular weight is 283 g/mol. The molecule has 0 aliphatic carbocycles. The fourth-order valence-electron chi connectivity index (χ4n) is 1.40. The highest BCUT2D eigenvalue weighted by Crippen LogP contribution is 2.01. The first-order chi connectivity index (χ1) is 9.49. The van der Waals surface area contributed by atoms with Crippen LogP contribution in [0.15, 0.2) is 6.07 Å². The molecule has 0 spiro atoms. The minimum atomic E-state index is -1.50. The average Bonchev–Trinajstić information content (AvgIpc) is 2.83. The van der Waals surface area contributed by atoms with Crippen molar-refractivity contribution in [3.05, 3.63) is 17.5 Å². The SMILES string of the molecule is CCOC(=O)C(NC(=O)c1cc(C)[nH]n1)C(=O)OCC. The van der Waals surface area contributed by atoms with Crippen LogP contribution in [0.1, 0.15) is 30.0 Å². The lowest BCUT2D eigenvalue weighted by Crippen LogP contribution is -2.48. The molecular formula is C12H17N3O5. The van der Waals surface area contributed by atoms with E-state index < -0.39 is 23.9 Å². The molecule has 0 fully saturated rings. The Hall–Kier alpha value is -2.38. The van der Waals surface area contributed by atoms with Gasteiger partial charge in [-0.05, 0) is 26.8 Å². The molecule has 0 aromatic carbocycles. The number of nitrogens with zero attached hydrogens (tertiary/aromatic N) is 1. The standard InChI is InChI=1S/C12H17N3O5/c1-4-19-11(17)9(12(18)20-5-2)13-10(16)8-6-7(3)14-15-8/h6,9H,4-5H2,1-3H3,(H,13,16)(H,14,15). The molecule has 0 aliphatic heterocycles. The number of aromatic nitrogens is 2. The van der Waals surface area contributed by atoms with E-state index in [-0.39, 0.29) is 18.9 Å². The second kappa shape index (κ2) is 7.27. The maximum absolute atomic E-state index is 11.9. The third kappa shape index (κ3) is 4.08. The van der Waals surface area contributed by atoms with E-state index in [1.54, 1.807) is 20.8 Å². The van der Waals surface area contributed by atoms with E-state index in [4.69, 9.17) is 9.47 Å². The number of aryl methyl sites for hydroxylation is 1. The van der Waals surface area contributed by atoms with Gasteiger partial charge in [-0.2, -0.15) is 5.10 Å². The third-order valence-electron chi connectivity index (χ3n) is 2.26. The maximum atomic E-state index is 11.9. The van der Waals surface area contributed by atoms with Crippen LogP contribution in [-0.4, -0.2) is 47.3 Å². The molecule has 1 rings (SSSR count). The lowest BCUT2D eigenvalue weighted by Gasteiger charge is -2.15. The molecular weight excluding hydrogens is 266 g/mol. The molecule has 1 aromatic heterocycles. The first-order valence-electron chi connectivity index (χ1n) is 6.15. The van der Waals surface area contributed by atoms with Crippen LogP contribution < -0.4 is 5.32 Å². The summed E-state index contributed by atoms with van der Waals surface area (Å²) in [5.41, 5.74) is 0.750. The number of carbonyl (C=O) groups excluding carboxylic acids is 3. The van der Waals surface area contributed by atoms with Crippen LogP contribution in [0.3, 0.4) is 0 Å². The van der Waals surface area contributed by atoms with Crippen molar-refractivity contribution in [3.63, 3.8) is 0 Å². The molecule has 0 saturated carbocycles. The van der Waals surface area contributed by atoms with Crippen LogP contribution in [0.5, 0.6) is 0 Å². The molecule has 0 bridgehead atoms. The molecule has 8 nitrogen and oxygen atoms in total. The van der Waals surface area contributed by atoms with Crippen molar-refractivity contribution in [2.24, 2.45) is 0 Å². The maximum Gasteiger partial charge on any atom is 0.340 e. The van der Waals surface area contributed by atoms with Crippen molar-refractivity contribution in [2.45, 2.75) is 26.8 Å². The highest BCUT2D eigenvalue weighted by Gasteiger charge is 2.32. The summed E-state index contributed by atoms with van der Waals surface area (Å²) in [7, 11) is 0.